The summed E-state index contributed by atoms with van der Waals surface area (Å²) in [4.78, 5) is 2.71. The predicted octanol–water partition coefficient (Wildman–Crippen LogP) is 1.84. The molecule has 14 heavy (non-hydrogen) atoms. The van der Waals surface area contributed by atoms with Gasteiger partial charge in [-0.15, -0.1) is 0 Å². The van der Waals surface area contributed by atoms with Gasteiger partial charge in [-0.3, -0.25) is 4.90 Å². The summed E-state index contributed by atoms with van der Waals surface area (Å²) in [6.07, 6.45) is 3.98. The Bertz CT molecular complexity index is 204. The molecule has 1 heterocycles. The van der Waals surface area contributed by atoms with E-state index < -0.39 is 0 Å². The number of nitrogens with two attached hydrogens (primary N) is 1. The molecule has 0 aromatic heterocycles. The molecule has 1 aliphatic heterocycles. The van der Waals surface area contributed by atoms with E-state index in [1.165, 1.54) is 25.8 Å². The second-order valence-corrected chi connectivity index (χ2v) is 5.26. The highest BCUT2D eigenvalue weighted by Gasteiger charge is 2.44. The fourth-order valence-electron chi connectivity index (χ4n) is 2.97. The smallest absolute Gasteiger partial charge is 0.0130 e. The lowest BCUT2D eigenvalue weighted by atomic mass is 9.87. The van der Waals surface area contributed by atoms with E-state index in [-0.39, 0.29) is 0 Å². The van der Waals surface area contributed by atoms with Crippen LogP contribution in [-0.4, -0.2) is 29.6 Å². The van der Waals surface area contributed by atoms with Crippen LogP contribution in [-0.2, 0) is 0 Å². The Balaban J connectivity index is 1.94. The third kappa shape index (κ3) is 1.70. The van der Waals surface area contributed by atoms with Crippen LogP contribution in [0, 0.1) is 11.8 Å². The molecule has 2 heteroatoms. The van der Waals surface area contributed by atoms with Gasteiger partial charge in [-0.1, -0.05) is 20.3 Å². The van der Waals surface area contributed by atoms with E-state index >= 15 is 0 Å². The van der Waals surface area contributed by atoms with Crippen molar-refractivity contribution in [2.45, 2.75) is 58.2 Å². The van der Waals surface area contributed by atoms with Crippen LogP contribution in [0.15, 0.2) is 0 Å². The summed E-state index contributed by atoms with van der Waals surface area (Å²) in [5.74, 6) is 1.65. The van der Waals surface area contributed by atoms with E-state index in [4.69, 9.17) is 5.73 Å². The highest BCUT2D eigenvalue weighted by atomic mass is 15.2. The van der Waals surface area contributed by atoms with E-state index in [2.05, 4.69) is 25.7 Å². The van der Waals surface area contributed by atoms with Crippen molar-refractivity contribution in [3.05, 3.63) is 0 Å². The van der Waals surface area contributed by atoms with Gasteiger partial charge in [0.05, 0.1) is 0 Å². The first-order chi connectivity index (χ1) is 6.65. The molecule has 2 nitrogen and oxygen atoms in total. The molecule has 0 spiro atoms. The van der Waals surface area contributed by atoms with Crippen molar-refractivity contribution in [3.8, 4) is 0 Å². The van der Waals surface area contributed by atoms with Gasteiger partial charge in [0.15, 0.2) is 0 Å². The van der Waals surface area contributed by atoms with Gasteiger partial charge in [-0.2, -0.15) is 0 Å². The van der Waals surface area contributed by atoms with Crippen LogP contribution in [0.1, 0.15) is 40.0 Å². The summed E-state index contributed by atoms with van der Waals surface area (Å²) < 4.78 is 0. The quantitative estimate of drug-likeness (QED) is 0.730. The van der Waals surface area contributed by atoms with E-state index in [9.17, 15) is 0 Å². The Labute approximate surface area is 87.8 Å². The summed E-state index contributed by atoms with van der Waals surface area (Å²) >= 11 is 0. The van der Waals surface area contributed by atoms with Crippen LogP contribution in [0.25, 0.3) is 0 Å². The summed E-state index contributed by atoms with van der Waals surface area (Å²) in [6.45, 7) is 8.21. The van der Waals surface area contributed by atoms with Crippen LogP contribution in [0.5, 0.6) is 0 Å². The third-order valence-electron chi connectivity index (χ3n) is 4.52. The van der Waals surface area contributed by atoms with Crippen LogP contribution >= 0.6 is 0 Å². The Morgan fingerprint density at radius 1 is 1.36 bits per heavy atom. The van der Waals surface area contributed by atoms with Gasteiger partial charge in [0.25, 0.3) is 0 Å². The topological polar surface area (TPSA) is 29.3 Å². The molecular weight excluding hydrogens is 172 g/mol. The zero-order valence-corrected chi connectivity index (χ0v) is 9.74. The zero-order valence-electron chi connectivity index (χ0n) is 9.74. The second kappa shape index (κ2) is 3.82. The molecule has 0 aromatic carbocycles. The molecule has 5 unspecified atom stereocenters. The van der Waals surface area contributed by atoms with Crippen molar-refractivity contribution >= 4 is 0 Å². The molecular formula is C12H24N2. The van der Waals surface area contributed by atoms with Crippen molar-refractivity contribution in [1.29, 1.82) is 0 Å². The number of hydrogen-bond donors (Lipinski definition) is 1. The molecule has 0 amide bonds. The van der Waals surface area contributed by atoms with Crippen molar-refractivity contribution in [1.82, 2.24) is 4.90 Å². The maximum Gasteiger partial charge on any atom is 0.0130 e. The number of hydrogen-bond acceptors (Lipinski definition) is 2. The molecule has 82 valence electrons. The first-order valence-corrected chi connectivity index (χ1v) is 6.16. The van der Waals surface area contributed by atoms with E-state index in [0.29, 0.717) is 18.0 Å². The molecule has 2 fully saturated rings. The van der Waals surface area contributed by atoms with Gasteiger partial charge < -0.3 is 5.73 Å². The normalized spacial score (nSPS) is 49.3. The summed E-state index contributed by atoms with van der Waals surface area (Å²) in [5.41, 5.74) is 6.09. The Morgan fingerprint density at radius 3 is 2.64 bits per heavy atom. The fraction of sp³-hybridized carbons (Fsp3) is 1.00. The van der Waals surface area contributed by atoms with Crippen molar-refractivity contribution in [2.24, 2.45) is 17.6 Å². The molecule has 0 radical (unpaired) electrons. The molecule has 5 atom stereocenters. The number of rotatable bonds is 2. The van der Waals surface area contributed by atoms with Gasteiger partial charge in [-0.25, -0.2) is 0 Å². The average molecular weight is 196 g/mol. The molecule has 1 aliphatic carbocycles. The molecule has 0 aromatic rings. The highest BCUT2D eigenvalue weighted by Crippen LogP contribution is 2.41. The Kier molecular flexibility index (Phi) is 2.85. The lowest BCUT2D eigenvalue weighted by Gasteiger charge is -2.42. The zero-order chi connectivity index (χ0) is 10.3. The SMILES string of the molecule is CCC1CC1N1CCC(N)C(C)C1C. The summed E-state index contributed by atoms with van der Waals surface area (Å²) in [7, 11) is 0. The lowest BCUT2D eigenvalue weighted by Crippen LogP contribution is -2.52. The van der Waals surface area contributed by atoms with Crippen LogP contribution < -0.4 is 5.73 Å². The molecule has 2 N–H and O–H groups in total. The standard InChI is InChI=1S/C12H24N2/c1-4-10-7-12(10)14-6-5-11(13)8(2)9(14)3/h8-12H,4-7,13H2,1-3H3. The van der Waals surface area contributed by atoms with Crippen molar-refractivity contribution in [3.63, 3.8) is 0 Å². The second-order valence-electron chi connectivity index (χ2n) is 5.26. The van der Waals surface area contributed by atoms with E-state index in [0.717, 1.165) is 12.0 Å². The predicted molar refractivity (Wildman–Crippen MR) is 60.1 cm³/mol. The number of piperidine rings is 1. The molecule has 1 saturated carbocycles. The van der Waals surface area contributed by atoms with Gasteiger partial charge in [0.2, 0.25) is 0 Å². The molecule has 2 rings (SSSR count). The molecule has 0 bridgehead atoms. The van der Waals surface area contributed by atoms with Crippen LogP contribution in [0.4, 0.5) is 0 Å². The minimum atomic E-state index is 0.431. The maximum absolute atomic E-state index is 6.09. The number of likely N-dealkylation sites (tertiary alicyclic amines) is 1. The highest BCUT2D eigenvalue weighted by molar-refractivity contribution is 4.99. The summed E-state index contributed by atoms with van der Waals surface area (Å²) in [5, 5.41) is 0. The first-order valence-electron chi connectivity index (χ1n) is 6.16. The minimum Gasteiger partial charge on any atom is -0.327 e. The lowest BCUT2D eigenvalue weighted by molar-refractivity contribution is 0.0851. The largest absolute Gasteiger partial charge is 0.327 e. The maximum atomic E-state index is 6.09. The van der Waals surface area contributed by atoms with Crippen LogP contribution in [0.2, 0.25) is 0 Å². The van der Waals surface area contributed by atoms with Gasteiger partial charge in [-0.05, 0) is 31.6 Å². The summed E-state index contributed by atoms with van der Waals surface area (Å²) in [6, 6.07) is 2.02. The molecule has 2 aliphatic rings. The average Bonchev–Trinajstić information content (AvgIpc) is 2.94. The Hall–Kier alpha value is -0.0800. The number of nitrogens with zero attached hydrogens (tertiary/aromatic N) is 1. The third-order valence-corrected chi connectivity index (χ3v) is 4.52. The van der Waals surface area contributed by atoms with Crippen molar-refractivity contribution < 1.29 is 0 Å². The monoisotopic (exact) mass is 196 g/mol. The van der Waals surface area contributed by atoms with Crippen LogP contribution in [0.3, 0.4) is 0 Å². The van der Waals surface area contributed by atoms with E-state index in [1.807, 2.05) is 0 Å². The van der Waals surface area contributed by atoms with Gasteiger partial charge >= 0.3 is 0 Å². The Morgan fingerprint density at radius 2 is 2.07 bits per heavy atom. The first kappa shape index (κ1) is 10.4. The van der Waals surface area contributed by atoms with E-state index in [1.54, 1.807) is 0 Å². The fourth-order valence-corrected chi connectivity index (χ4v) is 2.97. The van der Waals surface area contributed by atoms with Gasteiger partial charge in [0, 0.05) is 24.7 Å². The minimum absolute atomic E-state index is 0.431. The van der Waals surface area contributed by atoms with Crippen molar-refractivity contribution in [2.75, 3.05) is 6.54 Å². The van der Waals surface area contributed by atoms with Gasteiger partial charge in [0.1, 0.15) is 0 Å². The molecule has 1 saturated heterocycles.